The van der Waals surface area contributed by atoms with Gasteiger partial charge in [-0.1, -0.05) is 0 Å². The van der Waals surface area contributed by atoms with Gasteiger partial charge >= 0.3 is 6.09 Å². The fourth-order valence-electron chi connectivity index (χ4n) is 1.83. The molecule has 0 saturated carbocycles. The highest BCUT2D eigenvalue weighted by Crippen LogP contribution is 2.12. The highest BCUT2D eigenvalue weighted by atomic mass is 16.6. The lowest BCUT2D eigenvalue weighted by Crippen LogP contribution is -2.40. The summed E-state index contributed by atoms with van der Waals surface area (Å²) in [5.74, 6) is 0.329. The zero-order valence-electron chi connectivity index (χ0n) is 11.3. The molecule has 1 fully saturated rings. The third-order valence-corrected chi connectivity index (χ3v) is 2.52. The normalized spacial score (nSPS) is 22.1. The monoisotopic (exact) mass is 244 g/mol. The molecule has 5 nitrogen and oxygen atoms in total. The van der Waals surface area contributed by atoms with E-state index in [1.54, 1.807) is 12.0 Å². The molecule has 1 aliphatic heterocycles. The molecule has 1 rings (SSSR count). The molecule has 0 spiro atoms. The van der Waals surface area contributed by atoms with E-state index >= 15 is 0 Å². The molecule has 5 heteroatoms. The Balaban J connectivity index is 2.53. The summed E-state index contributed by atoms with van der Waals surface area (Å²) < 4.78 is 10.5. The number of carbonyl (C=O) groups is 1. The molecule has 1 amide bonds. The lowest BCUT2D eigenvalue weighted by Gasteiger charge is -2.27. The fourth-order valence-corrected chi connectivity index (χ4v) is 1.83. The van der Waals surface area contributed by atoms with Crippen LogP contribution >= 0.6 is 0 Å². The molecule has 0 radical (unpaired) electrons. The molecule has 1 atom stereocenters. The maximum Gasteiger partial charge on any atom is 0.410 e. The zero-order valence-corrected chi connectivity index (χ0v) is 11.3. The van der Waals surface area contributed by atoms with Crippen molar-refractivity contribution in [2.45, 2.75) is 26.4 Å². The topological polar surface area (TPSA) is 50.8 Å². The molecule has 0 aromatic carbocycles. The highest BCUT2D eigenvalue weighted by molar-refractivity contribution is 5.68. The highest BCUT2D eigenvalue weighted by Gasteiger charge is 2.26. The van der Waals surface area contributed by atoms with Gasteiger partial charge in [-0.2, -0.15) is 0 Å². The van der Waals surface area contributed by atoms with Crippen LogP contribution in [0.2, 0.25) is 0 Å². The van der Waals surface area contributed by atoms with Crippen molar-refractivity contribution >= 4 is 6.09 Å². The lowest BCUT2D eigenvalue weighted by molar-refractivity contribution is 0.0216. The van der Waals surface area contributed by atoms with Crippen molar-refractivity contribution in [3.8, 4) is 0 Å². The summed E-state index contributed by atoms with van der Waals surface area (Å²) in [5, 5.41) is 3.30. The molecule has 1 heterocycles. The molecule has 1 saturated heterocycles. The Bertz CT molecular complexity index is 251. The van der Waals surface area contributed by atoms with E-state index in [1.807, 2.05) is 20.8 Å². The van der Waals surface area contributed by atoms with Crippen LogP contribution in [0, 0.1) is 5.92 Å². The van der Waals surface area contributed by atoms with E-state index in [2.05, 4.69) is 5.32 Å². The fraction of sp³-hybridized carbons (Fsp3) is 0.917. The van der Waals surface area contributed by atoms with Crippen LogP contribution < -0.4 is 5.32 Å². The smallest absolute Gasteiger partial charge is 0.410 e. The quantitative estimate of drug-likeness (QED) is 0.790. The van der Waals surface area contributed by atoms with Gasteiger partial charge in [-0.05, 0) is 20.8 Å². The number of hydrogen-bond donors (Lipinski definition) is 1. The number of nitrogens with zero attached hydrogens (tertiary/aromatic N) is 1. The standard InChI is InChI=1S/C12H24N2O3/c1-12(2,3)17-11(15)14-6-5-13-7-10(8-14)9-16-4/h10,13H,5-9H2,1-4H3. The van der Waals surface area contributed by atoms with Gasteiger partial charge in [-0.15, -0.1) is 0 Å². The number of amides is 1. The van der Waals surface area contributed by atoms with Gasteiger partial charge in [-0.3, -0.25) is 0 Å². The minimum absolute atomic E-state index is 0.234. The number of rotatable bonds is 2. The van der Waals surface area contributed by atoms with Crippen LogP contribution in [0.15, 0.2) is 0 Å². The van der Waals surface area contributed by atoms with Gasteiger partial charge in [0.05, 0.1) is 6.61 Å². The summed E-state index contributed by atoms with van der Waals surface area (Å²) in [5.41, 5.74) is -0.437. The van der Waals surface area contributed by atoms with Crippen molar-refractivity contribution in [2.24, 2.45) is 5.92 Å². The minimum atomic E-state index is -0.437. The Labute approximate surface area is 103 Å². The van der Waals surface area contributed by atoms with Gasteiger partial charge in [0.25, 0.3) is 0 Å². The van der Waals surface area contributed by atoms with Crippen molar-refractivity contribution < 1.29 is 14.3 Å². The second-order valence-electron chi connectivity index (χ2n) is 5.45. The predicted molar refractivity (Wildman–Crippen MR) is 66.0 cm³/mol. The number of nitrogens with one attached hydrogen (secondary N) is 1. The molecule has 100 valence electrons. The van der Waals surface area contributed by atoms with Crippen molar-refractivity contribution in [1.82, 2.24) is 10.2 Å². The van der Waals surface area contributed by atoms with E-state index in [0.717, 1.165) is 13.1 Å². The number of hydrogen-bond acceptors (Lipinski definition) is 4. The van der Waals surface area contributed by atoms with Gasteiger partial charge in [0.1, 0.15) is 5.60 Å². The zero-order chi connectivity index (χ0) is 12.9. The first-order chi connectivity index (χ1) is 7.92. The molecule has 17 heavy (non-hydrogen) atoms. The molecule has 0 aromatic heterocycles. The predicted octanol–water partition coefficient (Wildman–Crippen LogP) is 1.09. The van der Waals surface area contributed by atoms with Gasteiger partial charge in [0.2, 0.25) is 0 Å². The third-order valence-electron chi connectivity index (χ3n) is 2.52. The Morgan fingerprint density at radius 2 is 2.18 bits per heavy atom. The van der Waals surface area contributed by atoms with Crippen LogP contribution in [0.3, 0.4) is 0 Å². The van der Waals surface area contributed by atoms with Gasteiger partial charge in [0.15, 0.2) is 0 Å². The molecule has 1 N–H and O–H groups in total. The number of carbonyl (C=O) groups excluding carboxylic acids is 1. The average Bonchev–Trinajstić information content (AvgIpc) is 2.41. The van der Waals surface area contributed by atoms with Crippen LogP contribution in [0.5, 0.6) is 0 Å². The first kappa shape index (κ1) is 14.3. The Kier molecular flexibility index (Phi) is 5.21. The van der Waals surface area contributed by atoms with Gasteiger partial charge < -0.3 is 19.7 Å². The summed E-state index contributed by atoms with van der Waals surface area (Å²) >= 11 is 0. The average molecular weight is 244 g/mol. The molecular formula is C12H24N2O3. The van der Waals surface area contributed by atoms with Crippen molar-refractivity contribution in [3.05, 3.63) is 0 Å². The Hall–Kier alpha value is -0.810. The SMILES string of the molecule is COCC1CNCCN(C(=O)OC(C)(C)C)C1. The van der Waals surface area contributed by atoms with E-state index in [9.17, 15) is 4.79 Å². The third kappa shape index (κ3) is 5.37. The maximum absolute atomic E-state index is 12.0. The van der Waals surface area contributed by atoms with E-state index in [0.29, 0.717) is 25.6 Å². The summed E-state index contributed by atoms with van der Waals surface area (Å²) in [6, 6.07) is 0. The van der Waals surface area contributed by atoms with Crippen LogP contribution in [0.4, 0.5) is 4.79 Å². The van der Waals surface area contributed by atoms with Crippen LogP contribution in [0.1, 0.15) is 20.8 Å². The van der Waals surface area contributed by atoms with Crippen LogP contribution in [-0.4, -0.2) is 56.5 Å². The molecule has 0 aliphatic carbocycles. The number of methoxy groups -OCH3 is 1. The molecule has 1 aliphatic rings. The van der Waals surface area contributed by atoms with E-state index in [4.69, 9.17) is 9.47 Å². The van der Waals surface area contributed by atoms with Crippen molar-refractivity contribution in [2.75, 3.05) is 39.9 Å². The minimum Gasteiger partial charge on any atom is -0.444 e. The van der Waals surface area contributed by atoms with Gasteiger partial charge in [0, 0.05) is 39.2 Å². The second-order valence-corrected chi connectivity index (χ2v) is 5.45. The molecule has 0 bridgehead atoms. The second kappa shape index (κ2) is 6.21. The molecular weight excluding hydrogens is 220 g/mol. The summed E-state index contributed by atoms with van der Waals surface area (Å²) in [6.07, 6.45) is -0.234. The Morgan fingerprint density at radius 1 is 1.47 bits per heavy atom. The first-order valence-electron chi connectivity index (χ1n) is 6.10. The van der Waals surface area contributed by atoms with E-state index < -0.39 is 5.60 Å². The lowest BCUT2D eigenvalue weighted by atomic mass is 10.1. The van der Waals surface area contributed by atoms with Crippen LogP contribution in [0.25, 0.3) is 0 Å². The molecule has 1 unspecified atom stereocenters. The number of ether oxygens (including phenoxy) is 2. The van der Waals surface area contributed by atoms with E-state index in [-0.39, 0.29) is 6.09 Å². The van der Waals surface area contributed by atoms with Crippen molar-refractivity contribution in [3.63, 3.8) is 0 Å². The first-order valence-corrected chi connectivity index (χ1v) is 6.10. The van der Waals surface area contributed by atoms with Crippen LogP contribution in [-0.2, 0) is 9.47 Å². The van der Waals surface area contributed by atoms with Crippen molar-refractivity contribution in [1.29, 1.82) is 0 Å². The summed E-state index contributed by atoms with van der Waals surface area (Å²) in [7, 11) is 1.68. The summed E-state index contributed by atoms with van der Waals surface area (Å²) in [6.45, 7) is 9.37. The Morgan fingerprint density at radius 3 is 2.76 bits per heavy atom. The summed E-state index contributed by atoms with van der Waals surface area (Å²) in [4.78, 5) is 13.7. The maximum atomic E-state index is 12.0. The molecule has 0 aromatic rings. The van der Waals surface area contributed by atoms with Gasteiger partial charge in [-0.25, -0.2) is 4.79 Å². The largest absolute Gasteiger partial charge is 0.444 e. The van der Waals surface area contributed by atoms with E-state index in [1.165, 1.54) is 0 Å².